The monoisotopic (exact) mass is 266 g/mol. The van der Waals surface area contributed by atoms with Gasteiger partial charge in [0.15, 0.2) is 0 Å². The summed E-state index contributed by atoms with van der Waals surface area (Å²) in [5.41, 5.74) is -0.0195. The SMILES string of the molecule is O=[N+]([O-])c1cccnc1N(CCO)CC1CCCN1. The van der Waals surface area contributed by atoms with E-state index in [0.29, 0.717) is 24.9 Å². The van der Waals surface area contributed by atoms with Gasteiger partial charge in [-0.3, -0.25) is 10.1 Å². The third-order valence-corrected chi connectivity index (χ3v) is 3.24. The number of nitrogens with one attached hydrogen (secondary N) is 1. The van der Waals surface area contributed by atoms with Crippen molar-refractivity contribution in [3.05, 3.63) is 28.4 Å². The zero-order valence-corrected chi connectivity index (χ0v) is 10.7. The number of aliphatic hydroxyl groups excluding tert-OH is 1. The van der Waals surface area contributed by atoms with Gasteiger partial charge in [-0.1, -0.05) is 0 Å². The van der Waals surface area contributed by atoms with Crippen LogP contribution in [0.15, 0.2) is 18.3 Å². The molecule has 0 aromatic carbocycles. The van der Waals surface area contributed by atoms with Gasteiger partial charge in [0, 0.05) is 31.4 Å². The Morgan fingerprint density at radius 1 is 1.63 bits per heavy atom. The molecule has 1 aromatic heterocycles. The van der Waals surface area contributed by atoms with Crippen molar-refractivity contribution in [1.29, 1.82) is 0 Å². The second-order valence-corrected chi connectivity index (χ2v) is 4.57. The van der Waals surface area contributed by atoms with Crippen molar-refractivity contribution in [1.82, 2.24) is 10.3 Å². The molecule has 2 rings (SSSR count). The van der Waals surface area contributed by atoms with E-state index in [1.54, 1.807) is 11.0 Å². The summed E-state index contributed by atoms with van der Waals surface area (Å²) in [7, 11) is 0. The standard InChI is InChI=1S/C12H18N4O3/c17-8-7-15(9-10-3-1-5-13-10)12-11(16(18)19)4-2-6-14-12/h2,4,6,10,13,17H,1,3,5,7-9H2. The van der Waals surface area contributed by atoms with Crippen LogP contribution in [0.5, 0.6) is 0 Å². The van der Waals surface area contributed by atoms with Crippen molar-refractivity contribution in [3.63, 3.8) is 0 Å². The van der Waals surface area contributed by atoms with Crippen molar-refractivity contribution < 1.29 is 10.0 Å². The maximum Gasteiger partial charge on any atom is 0.311 e. The average Bonchev–Trinajstić information content (AvgIpc) is 2.91. The molecule has 0 spiro atoms. The molecule has 0 amide bonds. The lowest BCUT2D eigenvalue weighted by atomic mass is 10.2. The molecule has 0 aliphatic carbocycles. The zero-order chi connectivity index (χ0) is 13.7. The lowest BCUT2D eigenvalue weighted by Crippen LogP contribution is -2.39. The van der Waals surface area contributed by atoms with Crippen molar-refractivity contribution in [2.45, 2.75) is 18.9 Å². The van der Waals surface area contributed by atoms with Gasteiger partial charge in [-0.05, 0) is 25.5 Å². The van der Waals surface area contributed by atoms with Crippen LogP contribution < -0.4 is 10.2 Å². The molecule has 1 atom stereocenters. The minimum Gasteiger partial charge on any atom is -0.395 e. The van der Waals surface area contributed by atoms with Crippen LogP contribution in [0.25, 0.3) is 0 Å². The number of aromatic nitrogens is 1. The van der Waals surface area contributed by atoms with Crippen LogP contribution in [0.4, 0.5) is 11.5 Å². The van der Waals surface area contributed by atoms with E-state index in [1.807, 2.05) is 0 Å². The Balaban J connectivity index is 2.19. The summed E-state index contributed by atoms with van der Waals surface area (Å²) in [4.78, 5) is 16.5. The van der Waals surface area contributed by atoms with Gasteiger partial charge in [0.25, 0.3) is 0 Å². The molecule has 1 saturated heterocycles. The molecule has 104 valence electrons. The van der Waals surface area contributed by atoms with Crippen LogP contribution in [-0.2, 0) is 0 Å². The molecule has 2 heterocycles. The van der Waals surface area contributed by atoms with Gasteiger partial charge in [0.1, 0.15) is 0 Å². The Hall–Kier alpha value is -1.73. The molecule has 19 heavy (non-hydrogen) atoms. The zero-order valence-electron chi connectivity index (χ0n) is 10.7. The number of pyridine rings is 1. The van der Waals surface area contributed by atoms with E-state index in [9.17, 15) is 10.1 Å². The minimum atomic E-state index is -0.436. The first kappa shape index (κ1) is 13.7. The van der Waals surface area contributed by atoms with Gasteiger partial charge in [-0.15, -0.1) is 0 Å². The lowest BCUT2D eigenvalue weighted by Gasteiger charge is -2.25. The van der Waals surface area contributed by atoms with Crippen LogP contribution in [0.2, 0.25) is 0 Å². The van der Waals surface area contributed by atoms with E-state index in [4.69, 9.17) is 5.11 Å². The summed E-state index contributed by atoms with van der Waals surface area (Å²) < 4.78 is 0. The normalized spacial score (nSPS) is 18.5. The fourth-order valence-electron chi connectivity index (χ4n) is 2.36. The number of hydrogen-bond donors (Lipinski definition) is 2. The molecule has 2 N–H and O–H groups in total. The molecule has 0 bridgehead atoms. The van der Waals surface area contributed by atoms with Crippen molar-refractivity contribution in [2.24, 2.45) is 0 Å². The van der Waals surface area contributed by atoms with E-state index >= 15 is 0 Å². The number of hydrogen-bond acceptors (Lipinski definition) is 6. The lowest BCUT2D eigenvalue weighted by molar-refractivity contribution is -0.384. The van der Waals surface area contributed by atoms with Crippen LogP contribution in [0.3, 0.4) is 0 Å². The van der Waals surface area contributed by atoms with Crippen LogP contribution in [0, 0.1) is 10.1 Å². The highest BCUT2D eigenvalue weighted by molar-refractivity contribution is 5.57. The van der Waals surface area contributed by atoms with E-state index in [2.05, 4.69) is 10.3 Å². The molecule has 0 radical (unpaired) electrons. The molecule has 7 heteroatoms. The summed E-state index contributed by atoms with van der Waals surface area (Å²) in [5.74, 6) is 0.329. The van der Waals surface area contributed by atoms with Gasteiger partial charge in [-0.25, -0.2) is 4.98 Å². The number of aliphatic hydroxyl groups is 1. The fourth-order valence-corrected chi connectivity index (χ4v) is 2.36. The third kappa shape index (κ3) is 3.39. The Bertz CT molecular complexity index is 435. The minimum absolute atomic E-state index is 0.0195. The van der Waals surface area contributed by atoms with E-state index < -0.39 is 4.92 Å². The second kappa shape index (κ2) is 6.44. The maximum absolute atomic E-state index is 11.0. The van der Waals surface area contributed by atoms with Crippen molar-refractivity contribution >= 4 is 11.5 Å². The predicted octanol–water partition coefficient (Wildman–Crippen LogP) is 0.540. The largest absolute Gasteiger partial charge is 0.395 e. The molecular formula is C12H18N4O3. The molecule has 1 aliphatic heterocycles. The average molecular weight is 266 g/mol. The van der Waals surface area contributed by atoms with Gasteiger partial charge in [0.05, 0.1) is 11.5 Å². The quantitative estimate of drug-likeness (QED) is 0.577. The predicted molar refractivity (Wildman–Crippen MR) is 71.2 cm³/mol. The summed E-state index contributed by atoms with van der Waals surface area (Å²) in [6.45, 7) is 1.89. The van der Waals surface area contributed by atoms with Gasteiger partial charge >= 0.3 is 5.69 Å². The number of nitrogens with zero attached hydrogens (tertiary/aromatic N) is 3. The first-order valence-corrected chi connectivity index (χ1v) is 6.41. The molecule has 1 unspecified atom stereocenters. The fraction of sp³-hybridized carbons (Fsp3) is 0.583. The Labute approximate surface area is 111 Å². The van der Waals surface area contributed by atoms with Crippen LogP contribution >= 0.6 is 0 Å². The summed E-state index contributed by atoms with van der Waals surface area (Å²) in [6, 6.07) is 3.29. The summed E-state index contributed by atoms with van der Waals surface area (Å²) in [5, 5.41) is 23.5. The van der Waals surface area contributed by atoms with Gasteiger partial charge in [0.2, 0.25) is 5.82 Å². The van der Waals surface area contributed by atoms with Crippen molar-refractivity contribution in [3.8, 4) is 0 Å². The van der Waals surface area contributed by atoms with Gasteiger partial charge in [-0.2, -0.15) is 0 Å². The Morgan fingerprint density at radius 3 is 3.11 bits per heavy atom. The van der Waals surface area contributed by atoms with E-state index in [0.717, 1.165) is 19.4 Å². The smallest absolute Gasteiger partial charge is 0.311 e. The topological polar surface area (TPSA) is 91.5 Å². The first-order valence-electron chi connectivity index (χ1n) is 6.41. The summed E-state index contributed by atoms with van der Waals surface area (Å²) in [6.07, 6.45) is 3.69. The second-order valence-electron chi connectivity index (χ2n) is 4.57. The molecule has 0 saturated carbocycles. The first-order chi connectivity index (χ1) is 9.22. The van der Waals surface area contributed by atoms with Crippen LogP contribution in [-0.4, -0.2) is 47.3 Å². The van der Waals surface area contributed by atoms with E-state index in [1.165, 1.54) is 12.3 Å². The molecular weight excluding hydrogens is 248 g/mol. The molecule has 1 fully saturated rings. The highest BCUT2D eigenvalue weighted by Crippen LogP contribution is 2.25. The Morgan fingerprint density at radius 2 is 2.47 bits per heavy atom. The highest BCUT2D eigenvalue weighted by Gasteiger charge is 2.24. The van der Waals surface area contributed by atoms with Crippen molar-refractivity contribution in [2.75, 3.05) is 31.1 Å². The molecule has 1 aliphatic rings. The highest BCUT2D eigenvalue weighted by atomic mass is 16.6. The van der Waals surface area contributed by atoms with E-state index in [-0.39, 0.29) is 12.3 Å². The molecule has 1 aromatic rings. The van der Waals surface area contributed by atoms with Crippen LogP contribution in [0.1, 0.15) is 12.8 Å². The number of anilines is 1. The third-order valence-electron chi connectivity index (χ3n) is 3.24. The molecule has 7 nitrogen and oxygen atoms in total. The number of rotatable bonds is 6. The summed E-state index contributed by atoms with van der Waals surface area (Å²) >= 11 is 0. The number of nitro groups is 1. The maximum atomic E-state index is 11.0. The Kier molecular flexibility index (Phi) is 4.64. The van der Waals surface area contributed by atoms with Gasteiger partial charge < -0.3 is 15.3 Å².